The molecule has 2 aromatic rings. The number of fused-ring (bicyclic) bond motifs is 1. The van der Waals surface area contributed by atoms with Crippen LogP contribution in [0.3, 0.4) is 0 Å². The number of piperidine rings is 1. The molecule has 0 spiro atoms. The Labute approximate surface area is 187 Å². The second kappa shape index (κ2) is 9.79. The molecule has 0 saturated carbocycles. The number of nitrogens with zero attached hydrogens (tertiary/aromatic N) is 5. The lowest BCUT2D eigenvalue weighted by Crippen LogP contribution is -2.32. The lowest BCUT2D eigenvalue weighted by molar-refractivity contribution is 0.0261. The van der Waals surface area contributed by atoms with Gasteiger partial charge in [0.25, 0.3) is 0 Å². The molecule has 0 amide bonds. The minimum absolute atomic E-state index is 0.0938. The predicted molar refractivity (Wildman–Crippen MR) is 124 cm³/mol. The predicted octanol–water partition coefficient (Wildman–Crippen LogP) is 2.76. The fourth-order valence-electron chi connectivity index (χ4n) is 4.30. The number of likely N-dealkylation sites (tertiary alicyclic amines) is 1. The van der Waals surface area contributed by atoms with Gasteiger partial charge in [0.1, 0.15) is 41.9 Å². The summed E-state index contributed by atoms with van der Waals surface area (Å²) in [6.07, 6.45) is 7.25. The Hall–Kier alpha value is -2.78. The second-order valence-corrected chi connectivity index (χ2v) is 8.68. The quantitative estimate of drug-likeness (QED) is 0.741. The van der Waals surface area contributed by atoms with Crippen LogP contribution >= 0.6 is 0 Å². The van der Waals surface area contributed by atoms with Gasteiger partial charge >= 0.3 is 0 Å². The molecular weight excluding hydrogens is 408 g/mol. The van der Waals surface area contributed by atoms with Crippen molar-refractivity contribution in [1.82, 2.24) is 14.9 Å². The van der Waals surface area contributed by atoms with Gasteiger partial charge in [0.05, 0.1) is 37.3 Å². The highest BCUT2D eigenvalue weighted by atomic mass is 16.5. The number of aromatic nitrogens is 2. The van der Waals surface area contributed by atoms with E-state index in [1.54, 1.807) is 12.7 Å². The summed E-state index contributed by atoms with van der Waals surface area (Å²) < 4.78 is 18.2. The molecular formula is C23H30N6O3. The summed E-state index contributed by atoms with van der Waals surface area (Å²) in [7, 11) is 2.18. The first kappa shape index (κ1) is 21.1. The van der Waals surface area contributed by atoms with E-state index in [-0.39, 0.29) is 6.10 Å². The lowest BCUT2D eigenvalue weighted by atomic mass is 9.98. The molecule has 0 atom stereocenters. The van der Waals surface area contributed by atoms with Gasteiger partial charge in [-0.3, -0.25) is 4.99 Å². The highest BCUT2D eigenvalue weighted by Crippen LogP contribution is 2.36. The molecule has 0 unspecified atom stereocenters. The first-order valence-electron chi connectivity index (χ1n) is 11.4. The van der Waals surface area contributed by atoms with E-state index in [1.807, 2.05) is 12.1 Å². The molecule has 1 aromatic heterocycles. The largest absolute Gasteiger partial charge is 0.493 e. The summed E-state index contributed by atoms with van der Waals surface area (Å²) in [6.45, 7) is 4.90. The highest BCUT2D eigenvalue weighted by Gasteiger charge is 2.22. The Morgan fingerprint density at radius 2 is 1.97 bits per heavy atom. The van der Waals surface area contributed by atoms with Crippen LogP contribution in [0.4, 0.5) is 5.82 Å². The van der Waals surface area contributed by atoms with Gasteiger partial charge in [0.15, 0.2) is 0 Å². The molecule has 170 valence electrons. The van der Waals surface area contributed by atoms with E-state index < -0.39 is 0 Å². The van der Waals surface area contributed by atoms with Gasteiger partial charge < -0.3 is 24.4 Å². The molecule has 9 heteroatoms. The van der Waals surface area contributed by atoms with Crippen molar-refractivity contribution >= 4 is 28.9 Å². The van der Waals surface area contributed by atoms with Gasteiger partial charge in [0.2, 0.25) is 0 Å². The Bertz CT molecular complexity index is 997. The maximum absolute atomic E-state index is 6.46. The molecule has 2 saturated heterocycles. The van der Waals surface area contributed by atoms with Crippen LogP contribution in [0.1, 0.15) is 25.7 Å². The van der Waals surface area contributed by atoms with Crippen LogP contribution in [-0.2, 0) is 4.74 Å². The van der Waals surface area contributed by atoms with E-state index in [4.69, 9.17) is 14.2 Å². The van der Waals surface area contributed by atoms with Crippen LogP contribution in [0.5, 0.6) is 11.5 Å². The number of rotatable bonds is 6. The molecule has 5 rings (SSSR count). The number of aliphatic imine (C=N–C) groups is 2. The van der Waals surface area contributed by atoms with Crippen molar-refractivity contribution in [3.63, 3.8) is 0 Å². The molecule has 2 fully saturated rings. The minimum atomic E-state index is 0.0938. The van der Waals surface area contributed by atoms with Crippen molar-refractivity contribution in [2.45, 2.75) is 31.8 Å². The molecule has 1 N–H and O–H groups in total. The number of hydrogen-bond acceptors (Lipinski definition) is 9. The number of anilines is 1. The van der Waals surface area contributed by atoms with E-state index >= 15 is 0 Å². The third-order valence-corrected chi connectivity index (χ3v) is 6.26. The SMILES string of the molecule is CN1CCC(COc2cc(OC3CCOCC3)c3c(NC4=NC=NC4)ncnc3c2)CC1. The molecule has 1 aromatic carbocycles. The van der Waals surface area contributed by atoms with Crippen molar-refractivity contribution < 1.29 is 14.2 Å². The molecule has 9 nitrogen and oxygen atoms in total. The van der Waals surface area contributed by atoms with E-state index in [9.17, 15) is 0 Å². The Kier molecular flexibility index (Phi) is 6.45. The zero-order valence-corrected chi connectivity index (χ0v) is 18.5. The van der Waals surface area contributed by atoms with Crippen LogP contribution in [0.15, 0.2) is 28.4 Å². The van der Waals surface area contributed by atoms with Gasteiger partial charge in [-0.2, -0.15) is 0 Å². The molecule has 3 aliphatic heterocycles. The van der Waals surface area contributed by atoms with E-state index in [1.165, 1.54) is 0 Å². The highest BCUT2D eigenvalue weighted by molar-refractivity contribution is 6.08. The van der Waals surface area contributed by atoms with Crippen molar-refractivity contribution in [3.8, 4) is 11.5 Å². The van der Waals surface area contributed by atoms with E-state index in [2.05, 4.69) is 37.2 Å². The van der Waals surface area contributed by atoms with Crippen LogP contribution in [0.2, 0.25) is 0 Å². The van der Waals surface area contributed by atoms with E-state index in [0.29, 0.717) is 38.1 Å². The van der Waals surface area contributed by atoms with Crippen LogP contribution in [0, 0.1) is 5.92 Å². The average Bonchev–Trinajstić information content (AvgIpc) is 3.32. The number of nitrogens with one attached hydrogen (secondary N) is 1. The molecule has 32 heavy (non-hydrogen) atoms. The van der Waals surface area contributed by atoms with E-state index in [0.717, 1.165) is 67.0 Å². The Morgan fingerprint density at radius 3 is 2.75 bits per heavy atom. The third-order valence-electron chi connectivity index (χ3n) is 6.26. The minimum Gasteiger partial charge on any atom is -0.493 e. The van der Waals surface area contributed by atoms with Crippen molar-refractivity contribution in [2.75, 3.05) is 51.8 Å². The van der Waals surface area contributed by atoms with Crippen molar-refractivity contribution in [1.29, 1.82) is 0 Å². The second-order valence-electron chi connectivity index (χ2n) is 8.68. The van der Waals surface area contributed by atoms with Crippen molar-refractivity contribution in [2.24, 2.45) is 15.9 Å². The monoisotopic (exact) mass is 438 g/mol. The van der Waals surface area contributed by atoms with Gasteiger partial charge in [-0.1, -0.05) is 0 Å². The number of hydrogen-bond donors (Lipinski definition) is 1. The molecule has 0 bridgehead atoms. The Morgan fingerprint density at radius 1 is 1.12 bits per heavy atom. The molecule has 3 aliphatic rings. The summed E-state index contributed by atoms with van der Waals surface area (Å²) in [6, 6.07) is 3.95. The summed E-state index contributed by atoms with van der Waals surface area (Å²) in [5.74, 6) is 3.51. The number of benzene rings is 1. The zero-order valence-electron chi connectivity index (χ0n) is 18.5. The fraction of sp³-hybridized carbons (Fsp3) is 0.565. The fourth-order valence-corrected chi connectivity index (χ4v) is 4.30. The topological polar surface area (TPSA) is 93.5 Å². The normalized spacial score (nSPS) is 20.5. The van der Waals surface area contributed by atoms with Crippen LogP contribution in [0.25, 0.3) is 10.9 Å². The molecule has 0 aliphatic carbocycles. The lowest BCUT2D eigenvalue weighted by Gasteiger charge is -2.29. The smallest absolute Gasteiger partial charge is 0.146 e. The van der Waals surface area contributed by atoms with Crippen LogP contribution in [-0.4, -0.2) is 79.6 Å². The molecule has 4 heterocycles. The van der Waals surface area contributed by atoms with Gasteiger partial charge in [-0.15, -0.1) is 0 Å². The first-order chi connectivity index (χ1) is 15.7. The van der Waals surface area contributed by atoms with Gasteiger partial charge in [-0.05, 0) is 38.9 Å². The summed E-state index contributed by atoms with van der Waals surface area (Å²) in [4.78, 5) is 19.8. The number of amidine groups is 1. The zero-order chi connectivity index (χ0) is 21.8. The summed E-state index contributed by atoms with van der Waals surface area (Å²) in [5.41, 5.74) is 0.782. The average molecular weight is 439 g/mol. The van der Waals surface area contributed by atoms with Gasteiger partial charge in [-0.25, -0.2) is 15.0 Å². The standard InChI is InChI=1S/C23H30N6O3/c1-29-6-2-16(3-7-29)13-31-18-10-19-22(20(11-18)32-17-4-8-30-9-5-17)23(27-15-25-19)28-21-12-24-14-26-21/h10-11,14-17H,2-9,12-13H2,1H3,(H,24,25,26,27,28). The third kappa shape index (κ3) is 4.99. The number of ether oxygens (including phenoxy) is 3. The summed E-state index contributed by atoms with van der Waals surface area (Å²) >= 11 is 0. The summed E-state index contributed by atoms with van der Waals surface area (Å²) in [5, 5.41) is 4.13. The van der Waals surface area contributed by atoms with Gasteiger partial charge in [0, 0.05) is 25.0 Å². The first-order valence-corrected chi connectivity index (χ1v) is 11.4. The van der Waals surface area contributed by atoms with Crippen molar-refractivity contribution in [3.05, 3.63) is 18.5 Å². The van der Waals surface area contributed by atoms with Crippen LogP contribution < -0.4 is 14.8 Å². The Balaban J connectivity index is 1.41. The maximum atomic E-state index is 6.46. The maximum Gasteiger partial charge on any atom is 0.146 e. The molecule has 0 radical (unpaired) electrons.